The van der Waals surface area contributed by atoms with Crippen molar-refractivity contribution in [2.75, 3.05) is 0 Å². The van der Waals surface area contributed by atoms with E-state index >= 15 is 0 Å². The summed E-state index contributed by atoms with van der Waals surface area (Å²) in [7, 11) is 0. The number of rotatable bonds is 1. The summed E-state index contributed by atoms with van der Waals surface area (Å²) in [5.74, 6) is 1.84. The quantitative estimate of drug-likeness (QED) is 0.803. The van der Waals surface area contributed by atoms with Crippen LogP contribution in [0.2, 0.25) is 0 Å². The second-order valence-electron chi connectivity index (χ2n) is 6.93. The van der Waals surface area contributed by atoms with Crippen LogP contribution in [0.15, 0.2) is 18.2 Å². The highest BCUT2D eigenvalue weighted by molar-refractivity contribution is 5.73. The lowest BCUT2D eigenvalue weighted by Gasteiger charge is -2.48. The van der Waals surface area contributed by atoms with Crippen molar-refractivity contribution in [2.24, 2.45) is 11.8 Å². The Morgan fingerprint density at radius 1 is 1.38 bits per heavy atom. The minimum atomic E-state index is -0.188. The van der Waals surface area contributed by atoms with E-state index in [0.29, 0.717) is 29.9 Å². The molecule has 0 aromatic heterocycles. The van der Waals surface area contributed by atoms with Gasteiger partial charge in [0.05, 0.1) is 6.42 Å². The van der Waals surface area contributed by atoms with Gasteiger partial charge < -0.3 is 9.84 Å². The van der Waals surface area contributed by atoms with Crippen molar-refractivity contribution in [2.45, 2.75) is 57.0 Å². The van der Waals surface area contributed by atoms with Crippen LogP contribution in [-0.2, 0) is 16.0 Å². The number of benzene rings is 1. The van der Waals surface area contributed by atoms with E-state index in [1.807, 2.05) is 6.07 Å². The molecule has 0 bridgehead atoms. The average molecular weight is 286 g/mol. The molecule has 0 radical (unpaired) electrons. The summed E-state index contributed by atoms with van der Waals surface area (Å²) >= 11 is 0. The zero-order valence-electron chi connectivity index (χ0n) is 12.5. The van der Waals surface area contributed by atoms with Gasteiger partial charge in [-0.05, 0) is 67.2 Å². The van der Waals surface area contributed by atoms with Crippen molar-refractivity contribution in [1.82, 2.24) is 0 Å². The molecule has 1 aromatic rings. The van der Waals surface area contributed by atoms with Crippen LogP contribution in [0.5, 0.6) is 5.75 Å². The van der Waals surface area contributed by atoms with Crippen LogP contribution in [0.1, 0.15) is 56.1 Å². The van der Waals surface area contributed by atoms with Gasteiger partial charge in [0.2, 0.25) is 0 Å². The minimum Gasteiger partial charge on any atom is -0.508 e. The van der Waals surface area contributed by atoms with Gasteiger partial charge in [0.1, 0.15) is 11.4 Å². The summed E-state index contributed by atoms with van der Waals surface area (Å²) in [6, 6.07) is 5.82. The average Bonchev–Trinajstić information content (AvgIpc) is 2.83. The Morgan fingerprint density at radius 2 is 2.24 bits per heavy atom. The fraction of sp³-hybridized carbons (Fsp3) is 0.611. The first-order valence-corrected chi connectivity index (χ1v) is 8.16. The van der Waals surface area contributed by atoms with Gasteiger partial charge in [0, 0.05) is 5.92 Å². The summed E-state index contributed by atoms with van der Waals surface area (Å²) < 4.78 is 5.78. The van der Waals surface area contributed by atoms with Crippen LogP contribution >= 0.6 is 0 Å². The van der Waals surface area contributed by atoms with E-state index in [1.165, 1.54) is 11.1 Å². The third kappa shape index (κ3) is 1.82. The van der Waals surface area contributed by atoms with Crippen molar-refractivity contribution in [3.63, 3.8) is 0 Å². The molecule has 0 spiro atoms. The summed E-state index contributed by atoms with van der Waals surface area (Å²) in [6.07, 6.45) is 5.75. The van der Waals surface area contributed by atoms with E-state index in [-0.39, 0.29) is 11.6 Å². The van der Waals surface area contributed by atoms with Crippen LogP contribution in [0, 0.1) is 11.8 Å². The van der Waals surface area contributed by atoms with E-state index in [9.17, 15) is 9.90 Å². The molecule has 4 atom stereocenters. The number of ether oxygens (including phenoxy) is 1. The maximum atomic E-state index is 11.9. The molecule has 3 heteroatoms. The lowest BCUT2D eigenvalue weighted by Crippen LogP contribution is -2.46. The van der Waals surface area contributed by atoms with Gasteiger partial charge >= 0.3 is 5.97 Å². The molecule has 2 aliphatic carbocycles. The molecule has 1 saturated carbocycles. The Morgan fingerprint density at radius 3 is 3.05 bits per heavy atom. The minimum absolute atomic E-state index is 0.000923. The van der Waals surface area contributed by atoms with Gasteiger partial charge in [-0.25, -0.2) is 0 Å². The van der Waals surface area contributed by atoms with Crippen molar-refractivity contribution >= 4 is 5.97 Å². The van der Waals surface area contributed by atoms with Gasteiger partial charge in [-0.1, -0.05) is 13.0 Å². The number of aryl methyl sites for hydroxylation is 1. The summed E-state index contributed by atoms with van der Waals surface area (Å²) in [5.41, 5.74) is 2.51. The Hall–Kier alpha value is -1.51. The zero-order chi connectivity index (χ0) is 14.6. The Bertz CT molecular complexity index is 594. The maximum Gasteiger partial charge on any atom is 0.306 e. The van der Waals surface area contributed by atoms with Crippen molar-refractivity contribution in [3.05, 3.63) is 29.3 Å². The van der Waals surface area contributed by atoms with Gasteiger partial charge in [0.15, 0.2) is 0 Å². The molecule has 4 rings (SSSR count). The van der Waals surface area contributed by atoms with E-state index in [2.05, 4.69) is 13.0 Å². The van der Waals surface area contributed by atoms with Crippen LogP contribution in [0.4, 0.5) is 0 Å². The van der Waals surface area contributed by atoms with E-state index < -0.39 is 0 Å². The number of carbonyl (C=O) groups is 1. The van der Waals surface area contributed by atoms with E-state index in [4.69, 9.17) is 4.74 Å². The van der Waals surface area contributed by atoms with Gasteiger partial charge in [-0.3, -0.25) is 4.79 Å². The Kier molecular flexibility index (Phi) is 2.82. The monoisotopic (exact) mass is 286 g/mol. The van der Waals surface area contributed by atoms with Gasteiger partial charge in [0.25, 0.3) is 0 Å². The zero-order valence-corrected chi connectivity index (χ0v) is 12.5. The lowest BCUT2D eigenvalue weighted by molar-refractivity contribution is -0.153. The molecule has 0 unspecified atom stereocenters. The smallest absolute Gasteiger partial charge is 0.306 e. The first-order valence-electron chi connectivity index (χ1n) is 8.16. The molecular weight excluding hydrogens is 264 g/mol. The van der Waals surface area contributed by atoms with Crippen LogP contribution < -0.4 is 0 Å². The summed E-state index contributed by atoms with van der Waals surface area (Å²) in [5, 5.41) is 9.68. The topological polar surface area (TPSA) is 46.5 Å². The van der Waals surface area contributed by atoms with Crippen molar-refractivity contribution in [3.8, 4) is 5.75 Å². The maximum absolute atomic E-state index is 11.9. The normalized spacial score (nSPS) is 37.4. The van der Waals surface area contributed by atoms with Crippen LogP contribution in [0.25, 0.3) is 0 Å². The number of phenolic OH excluding ortho intramolecular Hbond substituents is 1. The highest BCUT2D eigenvalue weighted by atomic mass is 16.6. The van der Waals surface area contributed by atoms with Crippen molar-refractivity contribution < 1.29 is 14.6 Å². The highest BCUT2D eigenvalue weighted by Gasteiger charge is 2.56. The first kappa shape index (κ1) is 13.2. The van der Waals surface area contributed by atoms with Crippen LogP contribution in [-0.4, -0.2) is 16.7 Å². The Balaban J connectivity index is 1.72. The number of fused-ring (bicyclic) bond motifs is 5. The van der Waals surface area contributed by atoms with Gasteiger partial charge in [-0.2, -0.15) is 0 Å². The molecule has 21 heavy (non-hydrogen) atoms. The third-order valence-electron chi connectivity index (χ3n) is 6.16. The summed E-state index contributed by atoms with van der Waals surface area (Å²) in [4.78, 5) is 11.9. The molecule has 1 aromatic carbocycles. The number of esters is 1. The van der Waals surface area contributed by atoms with Crippen LogP contribution in [0.3, 0.4) is 0 Å². The van der Waals surface area contributed by atoms with E-state index in [1.54, 1.807) is 6.07 Å². The number of hydrogen-bond donors (Lipinski definition) is 1. The molecule has 1 saturated heterocycles. The predicted molar refractivity (Wildman–Crippen MR) is 79.1 cm³/mol. The molecule has 3 nitrogen and oxygen atoms in total. The number of hydrogen-bond acceptors (Lipinski definition) is 3. The first-order chi connectivity index (χ1) is 10.1. The molecule has 1 heterocycles. The van der Waals surface area contributed by atoms with E-state index in [0.717, 1.165) is 32.1 Å². The molecule has 112 valence electrons. The molecule has 1 aliphatic heterocycles. The molecule has 1 N–H and O–H groups in total. The fourth-order valence-corrected chi connectivity index (χ4v) is 5.17. The lowest BCUT2D eigenvalue weighted by atomic mass is 9.58. The standard InChI is InChI=1S/C18H22O3/c1-2-18-8-7-14-13-6-4-12(19)9-11(13)3-5-15(14)16(18)10-17(20)21-18/h4,6,9,14-16,19H,2-3,5,7-8,10H2,1H3/t14-,15-,16+,18-/m0/s1. The number of phenols is 1. The third-order valence-corrected chi connectivity index (χ3v) is 6.16. The molecule has 3 aliphatic rings. The summed E-state index contributed by atoms with van der Waals surface area (Å²) in [6.45, 7) is 2.15. The SMILES string of the molecule is CC[C@]12CC[C@H]3c4ccc(O)cc4CC[C@@H]3[C@H]1CC(=O)O2. The number of aromatic hydroxyl groups is 1. The van der Waals surface area contributed by atoms with Gasteiger partial charge in [-0.15, -0.1) is 0 Å². The van der Waals surface area contributed by atoms with Crippen molar-refractivity contribution in [1.29, 1.82) is 0 Å². The fourth-order valence-electron chi connectivity index (χ4n) is 5.17. The molecular formula is C18H22O3. The number of carbonyl (C=O) groups excluding carboxylic acids is 1. The molecule has 0 amide bonds. The highest BCUT2D eigenvalue weighted by Crippen LogP contribution is 2.57. The molecule has 2 fully saturated rings. The second-order valence-corrected chi connectivity index (χ2v) is 6.93. The predicted octanol–water partition coefficient (Wildman–Crippen LogP) is 3.54. The second kappa shape index (κ2) is 4.49. The Labute approximate surface area is 125 Å². The largest absolute Gasteiger partial charge is 0.508 e.